The van der Waals surface area contributed by atoms with E-state index in [9.17, 15) is 5.11 Å². The lowest BCUT2D eigenvalue weighted by Crippen LogP contribution is -2.66. The molecule has 0 unspecified atom stereocenters. The highest BCUT2D eigenvalue weighted by molar-refractivity contribution is 5.16. The van der Waals surface area contributed by atoms with Gasteiger partial charge in [-0.1, -0.05) is 30.3 Å². The van der Waals surface area contributed by atoms with Crippen LogP contribution in [0.3, 0.4) is 0 Å². The second-order valence-corrected chi connectivity index (χ2v) is 6.96. The largest absolute Gasteiger partial charge is 0.394 e. The minimum atomic E-state index is -0.454. The van der Waals surface area contributed by atoms with Gasteiger partial charge in [0.15, 0.2) is 0 Å². The molecule has 0 bridgehead atoms. The van der Waals surface area contributed by atoms with E-state index in [1.54, 1.807) is 6.33 Å². The number of aryl methyl sites for hydroxylation is 1. The number of hydrogen-bond donors (Lipinski definition) is 2. The van der Waals surface area contributed by atoms with Crippen LogP contribution in [-0.4, -0.2) is 62.7 Å². The lowest BCUT2D eigenvalue weighted by molar-refractivity contribution is -0.122. The highest BCUT2D eigenvalue weighted by Gasteiger charge is 2.42. The molecule has 1 aromatic carbocycles. The number of aromatic nitrogens is 3. The molecule has 1 aromatic heterocycles. The van der Waals surface area contributed by atoms with Crippen molar-refractivity contribution in [3.05, 3.63) is 48.0 Å². The van der Waals surface area contributed by atoms with E-state index in [-0.39, 0.29) is 12.6 Å². The summed E-state index contributed by atoms with van der Waals surface area (Å²) in [6.07, 6.45) is 1.58. The van der Waals surface area contributed by atoms with Gasteiger partial charge in [0, 0.05) is 25.7 Å². The lowest BCUT2D eigenvalue weighted by atomic mass is 9.94. The van der Waals surface area contributed by atoms with Gasteiger partial charge in [-0.05, 0) is 19.4 Å². The molecule has 26 heavy (non-hydrogen) atoms. The zero-order valence-corrected chi connectivity index (χ0v) is 15.6. The van der Waals surface area contributed by atoms with Gasteiger partial charge in [0.1, 0.15) is 12.2 Å². The van der Waals surface area contributed by atoms with Crippen molar-refractivity contribution >= 4 is 0 Å². The minimum absolute atomic E-state index is 0.0393. The topological polar surface area (TPSA) is 75.4 Å². The first-order chi connectivity index (χ1) is 12.7. The maximum absolute atomic E-state index is 10.3. The molecule has 2 N–H and O–H groups in total. The number of benzene rings is 1. The lowest BCUT2D eigenvalue weighted by Gasteiger charge is -2.49. The van der Waals surface area contributed by atoms with Crippen molar-refractivity contribution in [1.29, 1.82) is 0 Å². The van der Waals surface area contributed by atoms with Crippen molar-refractivity contribution in [1.82, 2.24) is 25.0 Å². The first kappa shape index (κ1) is 19.0. The second-order valence-electron chi connectivity index (χ2n) is 6.96. The van der Waals surface area contributed by atoms with Gasteiger partial charge in [-0.2, -0.15) is 5.10 Å². The summed E-state index contributed by atoms with van der Waals surface area (Å²) < 4.78 is 7.69. The molecule has 0 aliphatic carbocycles. The molecule has 1 fully saturated rings. The van der Waals surface area contributed by atoms with Crippen molar-refractivity contribution in [2.75, 3.05) is 26.4 Å². The Kier molecular flexibility index (Phi) is 6.37. The highest BCUT2D eigenvalue weighted by Crippen LogP contribution is 2.26. The Hall–Kier alpha value is -1.80. The maximum Gasteiger partial charge on any atom is 0.140 e. The number of aliphatic hydroxyl groups is 1. The van der Waals surface area contributed by atoms with E-state index in [0.717, 1.165) is 18.9 Å². The Bertz CT molecular complexity index is 678. The van der Waals surface area contributed by atoms with E-state index in [1.165, 1.54) is 5.56 Å². The first-order valence-corrected chi connectivity index (χ1v) is 9.25. The van der Waals surface area contributed by atoms with Gasteiger partial charge in [-0.3, -0.25) is 4.90 Å². The first-order valence-electron chi connectivity index (χ1n) is 9.25. The van der Waals surface area contributed by atoms with Crippen LogP contribution in [0.2, 0.25) is 0 Å². The Morgan fingerprint density at radius 2 is 2.15 bits per heavy atom. The van der Waals surface area contributed by atoms with Gasteiger partial charge in [-0.15, -0.1) is 0 Å². The summed E-state index contributed by atoms with van der Waals surface area (Å²) >= 11 is 0. The summed E-state index contributed by atoms with van der Waals surface area (Å²) in [5.41, 5.74) is 0.787. The average Bonchev–Trinajstić information content (AvgIpc) is 3.13. The van der Waals surface area contributed by atoms with Crippen LogP contribution in [0.15, 0.2) is 36.7 Å². The van der Waals surface area contributed by atoms with E-state index < -0.39 is 5.54 Å². The molecule has 7 heteroatoms. The van der Waals surface area contributed by atoms with E-state index in [0.29, 0.717) is 26.3 Å². The number of ether oxygens (including phenoxy) is 1. The minimum Gasteiger partial charge on any atom is -0.394 e. The fraction of sp³-hybridized carbons (Fsp3) is 0.579. The predicted molar refractivity (Wildman–Crippen MR) is 99.5 cm³/mol. The molecule has 0 radical (unpaired) electrons. The van der Waals surface area contributed by atoms with Crippen LogP contribution in [-0.2, 0) is 24.4 Å². The quantitative estimate of drug-likeness (QED) is 0.734. The molecule has 1 aliphatic heterocycles. The molecular formula is C19H29N5O2. The van der Waals surface area contributed by atoms with Crippen molar-refractivity contribution in [3.63, 3.8) is 0 Å². The molecule has 0 amide bonds. The van der Waals surface area contributed by atoms with Gasteiger partial charge < -0.3 is 15.2 Å². The van der Waals surface area contributed by atoms with Crippen molar-refractivity contribution in [3.8, 4) is 0 Å². The number of hydrogen-bond acceptors (Lipinski definition) is 6. The number of nitrogens with one attached hydrogen (secondary N) is 1. The molecule has 2 aromatic rings. The van der Waals surface area contributed by atoms with E-state index >= 15 is 0 Å². The number of rotatable bonds is 8. The molecule has 0 saturated carbocycles. The molecule has 0 spiro atoms. The summed E-state index contributed by atoms with van der Waals surface area (Å²) in [6, 6.07) is 10.6. The van der Waals surface area contributed by atoms with Crippen molar-refractivity contribution in [2.24, 2.45) is 0 Å². The smallest absolute Gasteiger partial charge is 0.140 e. The standard InChI is InChI=1S/C19H29N5O2/c1-3-24-18(21-15-22-24)9-20-12-19(13-25)14-26-11-16(2)23(19)10-17-7-5-4-6-8-17/h4-8,15-16,20,25H,3,9-14H2,1-2H3/t16-,19+/m1/s1. The van der Waals surface area contributed by atoms with Crippen LogP contribution in [0.4, 0.5) is 0 Å². The zero-order chi connectivity index (χ0) is 18.4. The average molecular weight is 359 g/mol. The second kappa shape index (κ2) is 8.73. The van der Waals surface area contributed by atoms with Gasteiger partial charge in [0.25, 0.3) is 0 Å². The summed E-state index contributed by atoms with van der Waals surface area (Å²) in [6.45, 7) is 8.25. The van der Waals surface area contributed by atoms with Crippen molar-refractivity contribution in [2.45, 2.75) is 45.1 Å². The predicted octanol–water partition coefficient (Wildman–Crippen LogP) is 1.04. The number of nitrogens with zero attached hydrogens (tertiary/aromatic N) is 4. The van der Waals surface area contributed by atoms with Crippen LogP contribution in [0.5, 0.6) is 0 Å². The van der Waals surface area contributed by atoms with Gasteiger partial charge in [0.2, 0.25) is 0 Å². The normalized spacial score (nSPS) is 24.0. The Morgan fingerprint density at radius 3 is 2.88 bits per heavy atom. The van der Waals surface area contributed by atoms with Crippen LogP contribution in [0.25, 0.3) is 0 Å². The van der Waals surface area contributed by atoms with Crippen molar-refractivity contribution < 1.29 is 9.84 Å². The van der Waals surface area contributed by atoms with Gasteiger partial charge in [0.05, 0.1) is 31.9 Å². The third-order valence-corrected chi connectivity index (χ3v) is 5.09. The Morgan fingerprint density at radius 1 is 1.35 bits per heavy atom. The summed E-state index contributed by atoms with van der Waals surface area (Å²) in [5, 5.41) is 17.9. The molecular weight excluding hydrogens is 330 g/mol. The fourth-order valence-corrected chi connectivity index (χ4v) is 3.60. The molecule has 1 aliphatic rings. The van der Waals surface area contributed by atoms with E-state index in [2.05, 4.69) is 51.5 Å². The number of morpholine rings is 1. The molecule has 1 saturated heterocycles. The molecule has 7 nitrogen and oxygen atoms in total. The van der Waals surface area contributed by atoms with E-state index in [4.69, 9.17) is 4.74 Å². The van der Waals surface area contributed by atoms with Gasteiger partial charge >= 0.3 is 0 Å². The Labute approximate surface area is 155 Å². The summed E-state index contributed by atoms with van der Waals surface area (Å²) in [7, 11) is 0. The summed E-state index contributed by atoms with van der Waals surface area (Å²) in [5.74, 6) is 0.903. The number of aliphatic hydroxyl groups excluding tert-OH is 1. The van der Waals surface area contributed by atoms with Gasteiger partial charge in [-0.25, -0.2) is 9.67 Å². The Balaban J connectivity index is 1.70. The maximum atomic E-state index is 10.3. The molecule has 142 valence electrons. The zero-order valence-electron chi connectivity index (χ0n) is 15.6. The van der Waals surface area contributed by atoms with Crippen LogP contribution < -0.4 is 5.32 Å². The SMILES string of the molecule is CCn1ncnc1CNC[C@]1(CO)COC[C@@H](C)N1Cc1ccccc1. The molecule has 3 rings (SSSR count). The third-order valence-electron chi connectivity index (χ3n) is 5.09. The van der Waals surface area contributed by atoms with Crippen LogP contribution >= 0.6 is 0 Å². The highest BCUT2D eigenvalue weighted by atomic mass is 16.5. The molecule has 2 heterocycles. The molecule has 2 atom stereocenters. The van der Waals surface area contributed by atoms with Crippen LogP contribution in [0.1, 0.15) is 25.2 Å². The third kappa shape index (κ3) is 4.12. The van der Waals surface area contributed by atoms with Crippen LogP contribution in [0, 0.1) is 0 Å². The fourth-order valence-electron chi connectivity index (χ4n) is 3.60. The monoisotopic (exact) mass is 359 g/mol. The summed E-state index contributed by atoms with van der Waals surface area (Å²) in [4.78, 5) is 6.67. The van der Waals surface area contributed by atoms with E-state index in [1.807, 2.05) is 17.7 Å².